The lowest BCUT2D eigenvalue weighted by atomic mass is 10.1. The lowest BCUT2D eigenvalue weighted by molar-refractivity contribution is -0.173. The van der Waals surface area contributed by atoms with Gasteiger partial charge in [-0.2, -0.15) is 0 Å². The molecule has 0 amide bonds. The van der Waals surface area contributed by atoms with Crippen LogP contribution in [-0.2, 0) is 9.47 Å². The van der Waals surface area contributed by atoms with Crippen molar-refractivity contribution in [3.8, 4) is 0 Å². The van der Waals surface area contributed by atoms with Gasteiger partial charge in [0.2, 0.25) is 0 Å². The van der Waals surface area contributed by atoms with Gasteiger partial charge in [-0.1, -0.05) is 12.1 Å². The van der Waals surface area contributed by atoms with Crippen molar-refractivity contribution < 1.29 is 39.5 Å². The SMILES string of the molecule is CC(O)(O)COC(=O)c1ccccc1C(=O)OCC(C)(O)O. The van der Waals surface area contributed by atoms with Crippen LogP contribution in [0.5, 0.6) is 0 Å². The largest absolute Gasteiger partial charge is 0.456 e. The third-order valence-electron chi connectivity index (χ3n) is 2.32. The summed E-state index contributed by atoms with van der Waals surface area (Å²) >= 11 is 0. The zero-order valence-electron chi connectivity index (χ0n) is 12.1. The van der Waals surface area contributed by atoms with Crippen LogP contribution in [-0.4, -0.2) is 57.2 Å². The topological polar surface area (TPSA) is 134 Å². The third-order valence-corrected chi connectivity index (χ3v) is 2.32. The van der Waals surface area contributed by atoms with Crippen LogP contribution in [0.2, 0.25) is 0 Å². The standard InChI is InChI=1S/C14H18O8/c1-13(17,18)7-21-11(15)9-5-3-4-6-10(9)12(16)22-8-14(2,19)20/h3-6,17-20H,7-8H2,1-2H3. The number of benzene rings is 1. The molecule has 8 heteroatoms. The Bertz CT molecular complexity index is 490. The van der Waals surface area contributed by atoms with Gasteiger partial charge in [0.05, 0.1) is 11.1 Å². The van der Waals surface area contributed by atoms with E-state index in [1.165, 1.54) is 24.3 Å². The van der Waals surface area contributed by atoms with Crippen molar-refractivity contribution in [3.63, 3.8) is 0 Å². The first-order chi connectivity index (χ1) is 9.99. The molecule has 0 aliphatic heterocycles. The lowest BCUT2D eigenvalue weighted by Crippen LogP contribution is -2.32. The Morgan fingerprint density at radius 1 is 0.864 bits per heavy atom. The van der Waals surface area contributed by atoms with Crippen molar-refractivity contribution in [1.82, 2.24) is 0 Å². The maximum atomic E-state index is 11.9. The first-order valence-electron chi connectivity index (χ1n) is 6.32. The first-order valence-corrected chi connectivity index (χ1v) is 6.32. The van der Waals surface area contributed by atoms with Crippen molar-refractivity contribution in [2.45, 2.75) is 25.4 Å². The number of ether oxygens (including phenoxy) is 2. The maximum absolute atomic E-state index is 11.9. The Kier molecular flexibility index (Phi) is 5.61. The Balaban J connectivity index is 2.85. The van der Waals surface area contributed by atoms with Gasteiger partial charge < -0.3 is 29.9 Å². The van der Waals surface area contributed by atoms with Gasteiger partial charge in [0, 0.05) is 0 Å². The van der Waals surface area contributed by atoms with Gasteiger partial charge >= 0.3 is 11.9 Å². The van der Waals surface area contributed by atoms with Crippen molar-refractivity contribution in [2.75, 3.05) is 13.2 Å². The fourth-order valence-electron chi connectivity index (χ4n) is 1.40. The highest BCUT2D eigenvalue weighted by Gasteiger charge is 2.24. The third kappa shape index (κ3) is 6.19. The van der Waals surface area contributed by atoms with Gasteiger partial charge in [-0.05, 0) is 26.0 Å². The molecule has 122 valence electrons. The summed E-state index contributed by atoms with van der Waals surface area (Å²) in [4.78, 5) is 23.7. The molecule has 0 saturated carbocycles. The van der Waals surface area contributed by atoms with E-state index in [4.69, 9.17) is 20.4 Å². The molecule has 22 heavy (non-hydrogen) atoms. The van der Waals surface area contributed by atoms with Gasteiger partial charge in [0.1, 0.15) is 13.2 Å². The van der Waals surface area contributed by atoms with Crippen LogP contribution in [0.1, 0.15) is 34.6 Å². The second-order valence-corrected chi connectivity index (χ2v) is 5.13. The summed E-state index contributed by atoms with van der Waals surface area (Å²) in [5, 5.41) is 36.4. The highest BCUT2D eigenvalue weighted by atomic mass is 16.6. The number of aliphatic hydroxyl groups is 4. The van der Waals surface area contributed by atoms with E-state index < -0.39 is 36.7 Å². The number of carbonyl (C=O) groups is 2. The minimum Gasteiger partial charge on any atom is -0.456 e. The van der Waals surface area contributed by atoms with E-state index in [9.17, 15) is 9.59 Å². The van der Waals surface area contributed by atoms with Crippen LogP contribution in [0.25, 0.3) is 0 Å². The average molecular weight is 314 g/mol. The lowest BCUT2D eigenvalue weighted by Gasteiger charge is -2.17. The monoisotopic (exact) mass is 314 g/mol. The minimum atomic E-state index is -2.19. The van der Waals surface area contributed by atoms with Crippen LogP contribution in [0.15, 0.2) is 24.3 Å². The summed E-state index contributed by atoms with van der Waals surface area (Å²) in [6.07, 6.45) is 0. The number of hydrogen-bond acceptors (Lipinski definition) is 8. The summed E-state index contributed by atoms with van der Waals surface area (Å²) in [5.74, 6) is -6.28. The predicted octanol–water partition coefficient (Wildman–Crippen LogP) is -0.598. The van der Waals surface area contributed by atoms with Gasteiger partial charge in [0.25, 0.3) is 0 Å². The highest BCUT2D eigenvalue weighted by molar-refractivity contribution is 6.03. The molecule has 0 aromatic heterocycles. The summed E-state index contributed by atoms with van der Waals surface area (Å²) in [6.45, 7) is 0.703. The smallest absolute Gasteiger partial charge is 0.339 e. The van der Waals surface area contributed by atoms with Crippen LogP contribution in [0, 0.1) is 0 Å². The number of rotatable bonds is 6. The number of hydrogen-bond donors (Lipinski definition) is 4. The molecule has 4 N–H and O–H groups in total. The number of esters is 2. The zero-order chi connectivity index (χ0) is 17.0. The first kappa shape index (κ1) is 18.1. The zero-order valence-corrected chi connectivity index (χ0v) is 12.1. The minimum absolute atomic E-state index is 0.144. The number of carbonyl (C=O) groups excluding carboxylic acids is 2. The molecule has 0 heterocycles. The van der Waals surface area contributed by atoms with Crippen molar-refractivity contribution in [3.05, 3.63) is 35.4 Å². The van der Waals surface area contributed by atoms with Crippen molar-refractivity contribution in [2.24, 2.45) is 0 Å². The quantitative estimate of drug-likeness (QED) is 0.404. The van der Waals surface area contributed by atoms with E-state index >= 15 is 0 Å². The van der Waals surface area contributed by atoms with Crippen LogP contribution >= 0.6 is 0 Å². The Morgan fingerprint density at radius 3 is 1.45 bits per heavy atom. The molecule has 0 saturated heterocycles. The molecular formula is C14H18O8. The maximum Gasteiger partial charge on any atom is 0.339 e. The van der Waals surface area contributed by atoms with Gasteiger partial charge in [-0.3, -0.25) is 0 Å². The molecule has 0 atom stereocenters. The molecule has 0 bridgehead atoms. The van der Waals surface area contributed by atoms with Crippen molar-refractivity contribution in [1.29, 1.82) is 0 Å². The second kappa shape index (κ2) is 6.84. The average Bonchev–Trinajstić information content (AvgIpc) is 2.40. The van der Waals surface area contributed by atoms with Gasteiger partial charge in [-0.25, -0.2) is 9.59 Å². The fraction of sp³-hybridized carbons (Fsp3) is 0.429. The Hall–Kier alpha value is -2.00. The summed E-state index contributed by atoms with van der Waals surface area (Å²) in [5.41, 5.74) is -0.288. The summed E-state index contributed by atoms with van der Waals surface area (Å²) in [7, 11) is 0. The van der Waals surface area contributed by atoms with Gasteiger partial charge in [-0.15, -0.1) is 0 Å². The molecule has 8 nitrogen and oxygen atoms in total. The molecule has 1 aromatic rings. The van der Waals surface area contributed by atoms with E-state index in [1.54, 1.807) is 0 Å². The van der Waals surface area contributed by atoms with E-state index in [0.717, 1.165) is 13.8 Å². The van der Waals surface area contributed by atoms with Crippen LogP contribution in [0.3, 0.4) is 0 Å². The predicted molar refractivity (Wildman–Crippen MR) is 72.7 cm³/mol. The molecule has 0 aliphatic carbocycles. The Morgan fingerprint density at radius 2 is 1.18 bits per heavy atom. The molecule has 0 aliphatic rings. The van der Waals surface area contributed by atoms with Gasteiger partial charge in [0.15, 0.2) is 11.6 Å². The normalized spacial score (nSPS) is 11.9. The molecule has 1 rings (SSSR count). The molecule has 1 aromatic carbocycles. The van der Waals surface area contributed by atoms with Crippen LogP contribution < -0.4 is 0 Å². The van der Waals surface area contributed by atoms with E-state index in [1.807, 2.05) is 0 Å². The molecule has 0 radical (unpaired) electrons. The molecule has 0 spiro atoms. The highest BCUT2D eigenvalue weighted by Crippen LogP contribution is 2.14. The molecule has 0 fully saturated rings. The van der Waals surface area contributed by atoms with E-state index in [0.29, 0.717) is 0 Å². The second-order valence-electron chi connectivity index (χ2n) is 5.13. The Labute approximate surface area is 126 Å². The van der Waals surface area contributed by atoms with Crippen molar-refractivity contribution >= 4 is 11.9 Å². The van der Waals surface area contributed by atoms with Crippen LogP contribution in [0.4, 0.5) is 0 Å². The van der Waals surface area contributed by atoms with E-state index in [2.05, 4.69) is 9.47 Å². The summed E-state index contributed by atoms with van der Waals surface area (Å²) in [6, 6.07) is 5.55. The molecular weight excluding hydrogens is 296 g/mol. The molecule has 0 unspecified atom stereocenters. The fourth-order valence-corrected chi connectivity index (χ4v) is 1.40. The summed E-state index contributed by atoms with van der Waals surface area (Å²) < 4.78 is 9.37. The van der Waals surface area contributed by atoms with E-state index in [-0.39, 0.29) is 11.1 Å².